The summed E-state index contributed by atoms with van der Waals surface area (Å²) in [5.74, 6) is 0.157. The van der Waals surface area contributed by atoms with Crippen LogP contribution in [0, 0.1) is 10.8 Å². The Morgan fingerprint density at radius 2 is 1.94 bits per heavy atom. The third-order valence-electron chi connectivity index (χ3n) is 3.36. The second-order valence-corrected chi connectivity index (χ2v) is 6.14. The summed E-state index contributed by atoms with van der Waals surface area (Å²) in [6.45, 7) is 9.95. The van der Waals surface area contributed by atoms with Crippen LogP contribution in [0.4, 0.5) is 4.79 Å². The number of rotatable bonds is 0. The molecule has 0 bridgehead atoms. The molecule has 0 aromatic carbocycles. The Labute approximate surface area is 96.6 Å². The van der Waals surface area contributed by atoms with Crippen LogP contribution in [0.1, 0.15) is 41.0 Å². The molecule has 16 heavy (non-hydrogen) atoms. The highest BCUT2D eigenvalue weighted by atomic mass is 16.4. The molecule has 1 heterocycles. The minimum atomic E-state index is -0.930. The van der Waals surface area contributed by atoms with Crippen LogP contribution in [0.25, 0.3) is 0 Å². The van der Waals surface area contributed by atoms with E-state index in [2.05, 4.69) is 0 Å². The SMILES string of the molecule is CC(C)(C)C1N(C(=O)O)CCC(=O)C1(C)C. The second-order valence-electron chi connectivity index (χ2n) is 6.14. The van der Waals surface area contributed by atoms with Crippen LogP contribution in [0.2, 0.25) is 0 Å². The summed E-state index contributed by atoms with van der Waals surface area (Å²) < 4.78 is 0. The van der Waals surface area contributed by atoms with E-state index in [1.807, 2.05) is 34.6 Å². The van der Waals surface area contributed by atoms with Crippen LogP contribution >= 0.6 is 0 Å². The molecule has 0 saturated carbocycles. The molecule has 4 nitrogen and oxygen atoms in total. The lowest BCUT2D eigenvalue weighted by Gasteiger charge is -2.50. The average Bonchev–Trinajstić information content (AvgIpc) is 2.06. The smallest absolute Gasteiger partial charge is 0.407 e. The van der Waals surface area contributed by atoms with Gasteiger partial charge in [0, 0.05) is 18.4 Å². The Morgan fingerprint density at radius 1 is 1.44 bits per heavy atom. The fourth-order valence-electron chi connectivity index (χ4n) is 2.97. The highest BCUT2D eigenvalue weighted by Crippen LogP contribution is 2.42. The topological polar surface area (TPSA) is 57.6 Å². The summed E-state index contributed by atoms with van der Waals surface area (Å²) in [5.41, 5.74) is -0.840. The molecule has 0 spiro atoms. The van der Waals surface area contributed by atoms with Gasteiger partial charge in [-0.05, 0) is 5.41 Å². The van der Waals surface area contributed by atoms with E-state index < -0.39 is 11.5 Å². The molecule has 1 saturated heterocycles. The second kappa shape index (κ2) is 3.75. The number of amides is 1. The Bertz CT molecular complexity index is 315. The Kier molecular flexibility index (Phi) is 3.05. The molecule has 0 aliphatic carbocycles. The average molecular weight is 227 g/mol. The Morgan fingerprint density at radius 3 is 2.31 bits per heavy atom. The first kappa shape index (κ1) is 13.0. The highest BCUT2D eigenvalue weighted by Gasteiger charge is 2.50. The maximum Gasteiger partial charge on any atom is 0.407 e. The molecular weight excluding hydrogens is 206 g/mol. The zero-order valence-corrected chi connectivity index (χ0v) is 10.7. The van der Waals surface area contributed by atoms with Gasteiger partial charge in [0.25, 0.3) is 0 Å². The van der Waals surface area contributed by atoms with Gasteiger partial charge < -0.3 is 10.0 Å². The number of carbonyl (C=O) groups excluding carboxylic acids is 1. The third kappa shape index (κ3) is 2.06. The maximum absolute atomic E-state index is 11.9. The number of hydrogen-bond donors (Lipinski definition) is 1. The quantitative estimate of drug-likeness (QED) is 0.691. The van der Waals surface area contributed by atoms with E-state index in [1.54, 1.807) is 0 Å². The molecule has 1 aliphatic heterocycles. The summed E-state index contributed by atoms with van der Waals surface area (Å²) >= 11 is 0. The lowest BCUT2D eigenvalue weighted by molar-refractivity contribution is -0.138. The number of ketones is 1. The van der Waals surface area contributed by atoms with Crippen molar-refractivity contribution in [3.05, 3.63) is 0 Å². The molecule has 0 aromatic heterocycles. The first-order chi connectivity index (χ1) is 7.08. The van der Waals surface area contributed by atoms with E-state index in [0.29, 0.717) is 13.0 Å². The van der Waals surface area contributed by atoms with Gasteiger partial charge in [0.2, 0.25) is 0 Å². The lowest BCUT2D eigenvalue weighted by Crippen LogP contribution is -2.61. The van der Waals surface area contributed by atoms with Gasteiger partial charge in [0.15, 0.2) is 0 Å². The minimum Gasteiger partial charge on any atom is -0.465 e. The largest absolute Gasteiger partial charge is 0.465 e. The Hall–Kier alpha value is -1.06. The van der Waals surface area contributed by atoms with E-state index in [0.717, 1.165) is 0 Å². The molecule has 0 aromatic rings. The number of likely N-dealkylation sites (tertiary alicyclic amines) is 1. The molecule has 1 amide bonds. The van der Waals surface area contributed by atoms with E-state index in [-0.39, 0.29) is 17.2 Å². The van der Waals surface area contributed by atoms with Crippen LogP contribution < -0.4 is 0 Å². The van der Waals surface area contributed by atoms with Crippen molar-refractivity contribution in [3.63, 3.8) is 0 Å². The molecule has 92 valence electrons. The van der Waals surface area contributed by atoms with Crippen LogP contribution in [0.3, 0.4) is 0 Å². The number of carbonyl (C=O) groups is 2. The number of hydrogen-bond acceptors (Lipinski definition) is 2. The van der Waals surface area contributed by atoms with E-state index in [1.165, 1.54) is 4.90 Å². The molecule has 4 heteroatoms. The van der Waals surface area contributed by atoms with Crippen molar-refractivity contribution in [2.24, 2.45) is 10.8 Å². The predicted molar refractivity (Wildman–Crippen MR) is 61.4 cm³/mol. The first-order valence-corrected chi connectivity index (χ1v) is 5.61. The minimum absolute atomic E-state index is 0.157. The first-order valence-electron chi connectivity index (χ1n) is 5.61. The molecule has 1 N–H and O–H groups in total. The molecule has 0 radical (unpaired) electrons. The van der Waals surface area contributed by atoms with Gasteiger partial charge in [-0.15, -0.1) is 0 Å². The standard InChI is InChI=1S/C12H21NO3/c1-11(2,3)9-12(4,5)8(14)6-7-13(9)10(15)16/h9H,6-7H2,1-5H3,(H,15,16). The molecule has 1 fully saturated rings. The van der Waals surface area contributed by atoms with Crippen molar-refractivity contribution < 1.29 is 14.7 Å². The highest BCUT2D eigenvalue weighted by molar-refractivity contribution is 5.87. The number of piperidine rings is 1. The molecule has 1 aliphatic rings. The van der Waals surface area contributed by atoms with Crippen molar-refractivity contribution in [3.8, 4) is 0 Å². The van der Waals surface area contributed by atoms with Gasteiger partial charge in [-0.3, -0.25) is 4.79 Å². The van der Waals surface area contributed by atoms with E-state index in [4.69, 9.17) is 0 Å². The summed E-state index contributed by atoms with van der Waals surface area (Å²) in [6, 6.07) is -0.265. The van der Waals surface area contributed by atoms with Gasteiger partial charge >= 0.3 is 6.09 Å². The Balaban J connectivity index is 3.17. The fourth-order valence-corrected chi connectivity index (χ4v) is 2.97. The van der Waals surface area contributed by atoms with Crippen LogP contribution in [0.5, 0.6) is 0 Å². The summed E-state index contributed by atoms with van der Waals surface area (Å²) in [5, 5.41) is 9.21. The lowest BCUT2D eigenvalue weighted by atomic mass is 9.65. The zero-order chi connectivity index (χ0) is 12.7. The summed E-state index contributed by atoms with van der Waals surface area (Å²) in [7, 11) is 0. The van der Waals surface area contributed by atoms with Crippen molar-refractivity contribution in [1.82, 2.24) is 4.90 Å². The monoisotopic (exact) mass is 227 g/mol. The number of nitrogens with zero attached hydrogens (tertiary/aromatic N) is 1. The van der Waals surface area contributed by atoms with E-state index >= 15 is 0 Å². The summed E-state index contributed by atoms with van der Waals surface area (Å²) in [4.78, 5) is 24.6. The maximum atomic E-state index is 11.9. The van der Waals surface area contributed by atoms with Gasteiger partial charge in [0.1, 0.15) is 5.78 Å². The summed E-state index contributed by atoms with van der Waals surface area (Å²) in [6.07, 6.45) is -0.605. The molecule has 1 unspecified atom stereocenters. The van der Waals surface area contributed by atoms with Crippen molar-refractivity contribution in [2.45, 2.75) is 47.1 Å². The van der Waals surface area contributed by atoms with Crippen molar-refractivity contribution >= 4 is 11.9 Å². The predicted octanol–water partition coefficient (Wildman–Crippen LogP) is 2.38. The number of carboxylic acid groups (broad SMARTS) is 1. The molecule has 1 atom stereocenters. The zero-order valence-electron chi connectivity index (χ0n) is 10.7. The van der Waals surface area contributed by atoms with Gasteiger partial charge in [-0.25, -0.2) is 4.79 Å². The normalized spacial score (nSPS) is 25.7. The van der Waals surface area contributed by atoms with E-state index in [9.17, 15) is 14.7 Å². The van der Waals surface area contributed by atoms with Crippen LogP contribution in [-0.4, -0.2) is 34.5 Å². The van der Waals surface area contributed by atoms with Gasteiger partial charge in [0.05, 0.1) is 6.04 Å². The fraction of sp³-hybridized carbons (Fsp3) is 0.833. The number of Topliss-reactive ketones (excluding diaryl/α,β-unsaturated/α-hetero) is 1. The van der Waals surface area contributed by atoms with Crippen molar-refractivity contribution in [1.29, 1.82) is 0 Å². The van der Waals surface area contributed by atoms with Gasteiger partial charge in [-0.1, -0.05) is 34.6 Å². The third-order valence-corrected chi connectivity index (χ3v) is 3.36. The molecule has 1 rings (SSSR count). The van der Waals surface area contributed by atoms with Crippen LogP contribution in [-0.2, 0) is 4.79 Å². The molecular formula is C12H21NO3. The van der Waals surface area contributed by atoms with Gasteiger partial charge in [-0.2, -0.15) is 0 Å². The van der Waals surface area contributed by atoms with Crippen LogP contribution in [0.15, 0.2) is 0 Å². The van der Waals surface area contributed by atoms with Crippen molar-refractivity contribution in [2.75, 3.05) is 6.54 Å².